The SMILES string of the molecule is CCc1c(Cl)nc(Cl)c(C(=O)O)c1C. The van der Waals surface area contributed by atoms with Crippen molar-refractivity contribution in [2.75, 3.05) is 0 Å². The summed E-state index contributed by atoms with van der Waals surface area (Å²) in [5.74, 6) is -1.08. The van der Waals surface area contributed by atoms with Crippen LogP contribution in [-0.2, 0) is 6.42 Å². The third-order valence-electron chi connectivity index (χ3n) is 2.05. The summed E-state index contributed by atoms with van der Waals surface area (Å²) < 4.78 is 0. The molecule has 0 spiro atoms. The Labute approximate surface area is 91.7 Å². The van der Waals surface area contributed by atoms with Gasteiger partial charge in [0.1, 0.15) is 15.9 Å². The molecule has 5 heteroatoms. The van der Waals surface area contributed by atoms with Gasteiger partial charge in [-0.1, -0.05) is 30.1 Å². The van der Waals surface area contributed by atoms with Crippen molar-refractivity contribution in [1.82, 2.24) is 4.98 Å². The first-order valence-corrected chi connectivity index (χ1v) is 4.82. The van der Waals surface area contributed by atoms with Crippen LogP contribution < -0.4 is 0 Å². The number of rotatable bonds is 2. The fraction of sp³-hybridized carbons (Fsp3) is 0.333. The molecule has 0 aromatic carbocycles. The number of carboxylic acid groups (broad SMARTS) is 1. The van der Waals surface area contributed by atoms with Crippen molar-refractivity contribution in [2.24, 2.45) is 0 Å². The van der Waals surface area contributed by atoms with Gasteiger partial charge >= 0.3 is 5.97 Å². The maximum absolute atomic E-state index is 10.9. The molecule has 1 N–H and O–H groups in total. The molecule has 0 amide bonds. The first kappa shape index (κ1) is 11.3. The molecule has 1 aromatic heterocycles. The first-order valence-electron chi connectivity index (χ1n) is 4.06. The van der Waals surface area contributed by atoms with E-state index in [1.807, 2.05) is 6.92 Å². The lowest BCUT2D eigenvalue weighted by Crippen LogP contribution is -2.06. The molecule has 14 heavy (non-hydrogen) atoms. The average molecular weight is 234 g/mol. The molecule has 0 aliphatic heterocycles. The zero-order valence-corrected chi connectivity index (χ0v) is 9.28. The molecule has 0 radical (unpaired) electrons. The molecule has 0 fully saturated rings. The van der Waals surface area contributed by atoms with Gasteiger partial charge in [-0.25, -0.2) is 9.78 Å². The number of nitrogens with zero attached hydrogens (tertiary/aromatic N) is 1. The Morgan fingerprint density at radius 1 is 1.43 bits per heavy atom. The lowest BCUT2D eigenvalue weighted by Gasteiger charge is -2.09. The van der Waals surface area contributed by atoms with Crippen molar-refractivity contribution < 1.29 is 9.90 Å². The van der Waals surface area contributed by atoms with Crippen molar-refractivity contribution in [3.05, 3.63) is 27.0 Å². The monoisotopic (exact) mass is 233 g/mol. The minimum atomic E-state index is -1.08. The smallest absolute Gasteiger partial charge is 0.339 e. The van der Waals surface area contributed by atoms with Crippen LogP contribution in [0.5, 0.6) is 0 Å². The van der Waals surface area contributed by atoms with Gasteiger partial charge in [-0.2, -0.15) is 0 Å². The highest BCUT2D eigenvalue weighted by molar-refractivity contribution is 6.35. The number of hydrogen-bond acceptors (Lipinski definition) is 2. The van der Waals surface area contributed by atoms with Gasteiger partial charge in [0.05, 0.1) is 0 Å². The van der Waals surface area contributed by atoms with Gasteiger partial charge in [0, 0.05) is 0 Å². The minimum Gasteiger partial charge on any atom is -0.478 e. The largest absolute Gasteiger partial charge is 0.478 e. The molecule has 1 heterocycles. The summed E-state index contributed by atoms with van der Waals surface area (Å²) in [6.07, 6.45) is 0.634. The van der Waals surface area contributed by atoms with Crippen LogP contribution in [0, 0.1) is 6.92 Å². The van der Waals surface area contributed by atoms with Gasteiger partial charge < -0.3 is 5.11 Å². The topological polar surface area (TPSA) is 50.2 Å². The van der Waals surface area contributed by atoms with E-state index in [9.17, 15) is 4.79 Å². The second kappa shape index (κ2) is 4.15. The summed E-state index contributed by atoms with van der Waals surface area (Å²) in [5.41, 5.74) is 1.35. The third-order valence-corrected chi connectivity index (χ3v) is 2.63. The van der Waals surface area contributed by atoms with E-state index in [0.29, 0.717) is 12.0 Å². The average Bonchev–Trinajstić information content (AvgIpc) is 2.02. The molecule has 0 aliphatic rings. The second-order valence-corrected chi connectivity index (χ2v) is 3.55. The summed E-state index contributed by atoms with van der Waals surface area (Å²) in [5, 5.41) is 9.11. The summed E-state index contributed by atoms with van der Waals surface area (Å²) in [6, 6.07) is 0. The summed E-state index contributed by atoms with van der Waals surface area (Å²) in [7, 11) is 0. The molecule has 0 aliphatic carbocycles. The van der Waals surface area contributed by atoms with Crippen molar-refractivity contribution in [1.29, 1.82) is 0 Å². The van der Waals surface area contributed by atoms with Crippen LogP contribution in [0.25, 0.3) is 0 Å². The zero-order valence-electron chi connectivity index (χ0n) is 7.77. The number of pyridine rings is 1. The number of hydrogen-bond donors (Lipinski definition) is 1. The van der Waals surface area contributed by atoms with Crippen LogP contribution >= 0.6 is 23.2 Å². The molecular formula is C9H9Cl2NO2. The molecule has 1 rings (SSSR count). The van der Waals surface area contributed by atoms with E-state index < -0.39 is 5.97 Å². The Morgan fingerprint density at radius 2 is 2.00 bits per heavy atom. The van der Waals surface area contributed by atoms with Crippen molar-refractivity contribution >= 4 is 29.2 Å². The lowest BCUT2D eigenvalue weighted by atomic mass is 10.0. The molecule has 1 aromatic rings. The summed E-state index contributed by atoms with van der Waals surface area (Å²) in [6.45, 7) is 3.57. The maximum atomic E-state index is 10.9. The van der Waals surface area contributed by atoms with E-state index in [1.54, 1.807) is 6.92 Å². The van der Waals surface area contributed by atoms with Crippen molar-refractivity contribution in [3.8, 4) is 0 Å². The highest BCUT2D eigenvalue weighted by Gasteiger charge is 2.18. The predicted octanol–water partition coefficient (Wildman–Crippen LogP) is 2.96. The maximum Gasteiger partial charge on any atom is 0.339 e. The van der Waals surface area contributed by atoms with Crippen LogP contribution in [0.4, 0.5) is 0 Å². The third kappa shape index (κ3) is 1.83. The standard InChI is InChI=1S/C9H9Cl2NO2/c1-3-5-4(2)6(9(13)14)8(11)12-7(5)10/h3H2,1-2H3,(H,13,14). The first-order chi connectivity index (χ1) is 6.49. The second-order valence-electron chi connectivity index (χ2n) is 2.83. The molecule has 0 bridgehead atoms. The predicted molar refractivity (Wildman–Crippen MR) is 55.3 cm³/mol. The molecule has 0 atom stereocenters. The summed E-state index contributed by atoms with van der Waals surface area (Å²) in [4.78, 5) is 14.6. The van der Waals surface area contributed by atoms with Crippen LogP contribution in [0.15, 0.2) is 0 Å². The van der Waals surface area contributed by atoms with Gasteiger partial charge in [-0.05, 0) is 24.5 Å². The number of carboxylic acids is 1. The van der Waals surface area contributed by atoms with E-state index in [-0.39, 0.29) is 15.9 Å². The summed E-state index contributed by atoms with van der Waals surface area (Å²) >= 11 is 11.5. The fourth-order valence-electron chi connectivity index (χ4n) is 1.33. The van der Waals surface area contributed by atoms with Crippen LogP contribution in [0.3, 0.4) is 0 Å². The van der Waals surface area contributed by atoms with Gasteiger partial charge in [0.25, 0.3) is 0 Å². The van der Waals surface area contributed by atoms with E-state index in [4.69, 9.17) is 28.3 Å². The Bertz CT molecular complexity index is 391. The van der Waals surface area contributed by atoms with Crippen LogP contribution in [-0.4, -0.2) is 16.1 Å². The zero-order chi connectivity index (χ0) is 10.9. The normalized spacial score (nSPS) is 10.3. The van der Waals surface area contributed by atoms with E-state index >= 15 is 0 Å². The highest BCUT2D eigenvalue weighted by atomic mass is 35.5. The highest BCUT2D eigenvalue weighted by Crippen LogP contribution is 2.26. The Morgan fingerprint density at radius 3 is 2.43 bits per heavy atom. The molecule has 3 nitrogen and oxygen atoms in total. The number of aromatic carboxylic acids is 1. The van der Waals surface area contributed by atoms with Crippen LogP contribution in [0.1, 0.15) is 28.4 Å². The molecule has 76 valence electrons. The molecular weight excluding hydrogens is 225 g/mol. The number of halogens is 2. The van der Waals surface area contributed by atoms with E-state index in [1.165, 1.54) is 0 Å². The van der Waals surface area contributed by atoms with Gasteiger partial charge in [-0.3, -0.25) is 0 Å². The van der Waals surface area contributed by atoms with E-state index in [2.05, 4.69) is 4.98 Å². The van der Waals surface area contributed by atoms with Crippen LogP contribution in [0.2, 0.25) is 10.3 Å². The van der Waals surface area contributed by atoms with Crippen molar-refractivity contribution in [2.45, 2.75) is 20.3 Å². The molecule has 0 saturated carbocycles. The van der Waals surface area contributed by atoms with Gasteiger partial charge in [-0.15, -0.1) is 0 Å². The quantitative estimate of drug-likeness (QED) is 0.800. The van der Waals surface area contributed by atoms with Gasteiger partial charge in [0.15, 0.2) is 0 Å². The Hall–Kier alpha value is -0.800. The lowest BCUT2D eigenvalue weighted by molar-refractivity contribution is 0.0695. The molecule has 0 unspecified atom stereocenters. The fourth-order valence-corrected chi connectivity index (χ4v) is 2.04. The van der Waals surface area contributed by atoms with Gasteiger partial charge in [0.2, 0.25) is 0 Å². The Kier molecular flexibility index (Phi) is 3.34. The Balaban J connectivity index is 3.52. The molecule has 0 saturated heterocycles. The minimum absolute atomic E-state index is 0.0351. The number of carbonyl (C=O) groups is 1. The van der Waals surface area contributed by atoms with Crippen molar-refractivity contribution in [3.63, 3.8) is 0 Å². The van der Waals surface area contributed by atoms with E-state index in [0.717, 1.165) is 5.56 Å². The number of aromatic nitrogens is 1.